The maximum absolute atomic E-state index is 5.62. The Bertz CT molecular complexity index is 1700. The summed E-state index contributed by atoms with van der Waals surface area (Å²) >= 11 is 0. The van der Waals surface area contributed by atoms with Crippen molar-refractivity contribution >= 4 is 11.6 Å². The van der Waals surface area contributed by atoms with Crippen LogP contribution in [0.3, 0.4) is 0 Å². The summed E-state index contributed by atoms with van der Waals surface area (Å²) in [7, 11) is 6.58. The molecule has 1 unspecified atom stereocenters. The number of fused-ring (bicyclic) bond motifs is 2. The van der Waals surface area contributed by atoms with E-state index >= 15 is 0 Å². The number of hydrogen-bond acceptors (Lipinski definition) is 10. The Kier molecular flexibility index (Phi) is 7.58. The number of nitrogens with zero attached hydrogens (tertiary/aromatic N) is 5. The standard InChI is InChI=1S/C31H34N6O5/c1-19(36-11-10-21-14-27(40-4)28(41-5)15-22(21)18-36)23-17-33-31(32-16-20-8-9-24(38-2)26(13-20)39-3)37-30(23)34-29(35-37)25-7-6-12-42-25/h6-9,12-15,17,19H,10-11,16,18H2,1-5H3,(H,32,33). The van der Waals surface area contributed by atoms with Crippen molar-refractivity contribution in [3.05, 3.63) is 77.2 Å². The fourth-order valence-electron chi connectivity index (χ4n) is 5.42. The molecule has 5 aromatic rings. The summed E-state index contributed by atoms with van der Waals surface area (Å²) in [4.78, 5) is 12.1. The third-order valence-electron chi connectivity index (χ3n) is 7.78. The largest absolute Gasteiger partial charge is 0.493 e. The normalized spacial score (nSPS) is 13.9. The van der Waals surface area contributed by atoms with Gasteiger partial charge < -0.3 is 28.7 Å². The molecule has 0 spiro atoms. The van der Waals surface area contributed by atoms with Crippen molar-refractivity contribution < 1.29 is 23.4 Å². The fraction of sp³-hybridized carbons (Fsp3) is 0.323. The number of aromatic nitrogens is 4. The van der Waals surface area contributed by atoms with E-state index in [0.717, 1.165) is 47.8 Å². The van der Waals surface area contributed by atoms with Crippen LogP contribution in [-0.2, 0) is 19.5 Å². The topological polar surface area (TPSA) is 108 Å². The van der Waals surface area contributed by atoms with Gasteiger partial charge in [0.15, 0.2) is 34.4 Å². The molecule has 3 aromatic heterocycles. The zero-order chi connectivity index (χ0) is 29.2. The zero-order valence-electron chi connectivity index (χ0n) is 24.4. The first-order chi connectivity index (χ1) is 20.5. The molecule has 0 bridgehead atoms. The lowest BCUT2D eigenvalue weighted by molar-refractivity contribution is 0.192. The highest BCUT2D eigenvalue weighted by atomic mass is 16.5. The molecule has 42 heavy (non-hydrogen) atoms. The SMILES string of the molecule is COc1ccc(CNc2ncc(C(C)N3CCc4cc(OC)c(OC)cc4C3)c3nc(-c4ccco4)nn23)cc1OC. The molecule has 1 N–H and O–H groups in total. The van der Waals surface area contributed by atoms with Crippen LogP contribution in [0.1, 0.15) is 35.2 Å². The van der Waals surface area contributed by atoms with E-state index in [-0.39, 0.29) is 6.04 Å². The van der Waals surface area contributed by atoms with Gasteiger partial charge in [-0.05, 0) is 66.4 Å². The van der Waals surface area contributed by atoms with Gasteiger partial charge in [-0.1, -0.05) is 6.07 Å². The van der Waals surface area contributed by atoms with Crippen molar-refractivity contribution in [1.29, 1.82) is 0 Å². The Labute approximate surface area is 244 Å². The molecule has 11 nitrogen and oxygen atoms in total. The zero-order valence-corrected chi connectivity index (χ0v) is 24.4. The third-order valence-corrected chi connectivity index (χ3v) is 7.78. The van der Waals surface area contributed by atoms with E-state index in [1.54, 1.807) is 39.2 Å². The average Bonchev–Trinajstić information content (AvgIpc) is 3.73. The number of hydrogen-bond donors (Lipinski definition) is 1. The van der Waals surface area contributed by atoms with Crippen LogP contribution in [0.15, 0.2) is 59.3 Å². The Balaban J connectivity index is 1.32. The van der Waals surface area contributed by atoms with Crippen LogP contribution in [0.25, 0.3) is 17.2 Å². The van der Waals surface area contributed by atoms with Crippen LogP contribution in [0.4, 0.5) is 5.95 Å². The summed E-state index contributed by atoms with van der Waals surface area (Å²) in [6, 6.07) is 13.7. The highest BCUT2D eigenvalue weighted by Gasteiger charge is 2.27. The first-order valence-electron chi connectivity index (χ1n) is 13.7. The minimum atomic E-state index is 0.0230. The van der Waals surface area contributed by atoms with Crippen LogP contribution in [-0.4, -0.2) is 59.5 Å². The first kappa shape index (κ1) is 27.4. The quantitative estimate of drug-likeness (QED) is 0.242. The Hall–Kier alpha value is -4.77. The molecule has 0 aliphatic carbocycles. The Morgan fingerprint density at radius 1 is 0.929 bits per heavy atom. The molecule has 1 atom stereocenters. The Morgan fingerprint density at radius 3 is 2.38 bits per heavy atom. The van der Waals surface area contributed by atoms with Crippen molar-refractivity contribution in [2.45, 2.75) is 32.5 Å². The summed E-state index contributed by atoms with van der Waals surface area (Å²) in [6.45, 7) is 4.33. The van der Waals surface area contributed by atoms with E-state index in [2.05, 4.69) is 29.3 Å². The second-order valence-corrected chi connectivity index (χ2v) is 10.1. The first-order valence-corrected chi connectivity index (χ1v) is 13.7. The van der Waals surface area contributed by atoms with Crippen molar-refractivity contribution in [2.75, 3.05) is 40.3 Å². The summed E-state index contributed by atoms with van der Waals surface area (Å²) in [5, 5.41) is 8.20. The molecular weight excluding hydrogens is 536 g/mol. The molecule has 0 saturated carbocycles. The highest BCUT2D eigenvalue weighted by Crippen LogP contribution is 2.36. The number of furan rings is 1. The molecule has 11 heteroatoms. The van der Waals surface area contributed by atoms with Gasteiger partial charge in [0.05, 0.1) is 34.7 Å². The molecule has 1 aliphatic heterocycles. The molecule has 1 aliphatic rings. The van der Waals surface area contributed by atoms with E-state index in [0.29, 0.717) is 35.6 Å². The molecule has 4 heterocycles. The molecular formula is C31H34N6O5. The van der Waals surface area contributed by atoms with Gasteiger partial charge in [-0.2, -0.15) is 4.52 Å². The number of nitrogens with one attached hydrogen (secondary N) is 1. The average molecular weight is 571 g/mol. The maximum atomic E-state index is 5.62. The van der Waals surface area contributed by atoms with Gasteiger partial charge in [0, 0.05) is 37.4 Å². The molecule has 0 saturated heterocycles. The maximum Gasteiger partial charge on any atom is 0.226 e. The van der Waals surface area contributed by atoms with Crippen molar-refractivity contribution in [2.24, 2.45) is 0 Å². The third kappa shape index (κ3) is 5.07. The predicted octanol–water partition coefficient (Wildman–Crippen LogP) is 5.15. The molecule has 6 rings (SSSR count). The van der Waals surface area contributed by atoms with Gasteiger partial charge in [0.25, 0.3) is 0 Å². The van der Waals surface area contributed by atoms with Gasteiger partial charge in [-0.25, -0.2) is 9.97 Å². The van der Waals surface area contributed by atoms with Crippen LogP contribution in [0.5, 0.6) is 23.0 Å². The van der Waals surface area contributed by atoms with E-state index < -0.39 is 0 Å². The van der Waals surface area contributed by atoms with Gasteiger partial charge in [0.1, 0.15) is 0 Å². The minimum Gasteiger partial charge on any atom is -0.493 e. The molecule has 218 valence electrons. The lowest BCUT2D eigenvalue weighted by Crippen LogP contribution is -2.33. The second-order valence-electron chi connectivity index (χ2n) is 10.1. The number of benzene rings is 2. The summed E-state index contributed by atoms with van der Waals surface area (Å²) in [6.07, 6.45) is 4.41. The fourth-order valence-corrected chi connectivity index (χ4v) is 5.42. The van der Waals surface area contributed by atoms with E-state index in [4.69, 9.17) is 38.4 Å². The smallest absolute Gasteiger partial charge is 0.226 e. The van der Waals surface area contributed by atoms with Crippen molar-refractivity contribution in [3.8, 4) is 34.6 Å². The lowest BCUT2D eigenvalue weighted by atomic mass is 9.96. The monoisotopic (exact) mass is 570 g/mol. The van der Waals surface area contributed by atoms with Gasteiger partial charge in [-0.3, -0.25) is 4.90 Å². The Morgan fingerprint density at radius 2 is 1.67 bits per heavy atom. The highest BCUT2D eigenvalue weighted by molar-refractivity contribution is 5.59. The second kappa shape index (κ2) is 11.6. The molecule has 0 amide bonds. The van der Waals surface area contributed by atoms with Crippen LogP contribution in [0.2, 0.25) is 0 Å². The molecule has 2 aromatic carbocycles. The minimum absolute atomic E-state index is 0.0230. The van der Waals surface area contributed by atoms with Gasteiger partial charge in [-0.15, -0.1) is 5.10 Å². The number of rotatable bonds is 10. The number of ether oxygens (including phenoxy) is 4. The van der Waals surface area contributed by atoms with Crippen LogP contribution < -0.4 is 24.3 Å². The van der Waals surface area contributed by atoms with Crippen molar-refractivity contribution in [1.82, 2.24) is 24.5 Å². The van der Waals surface area contributed by atoms with Crippen LogP contribution >= 0.6 is 0 Å². The van der Waals surface area contributed by atoms with E-state index in [1.807, 2.05) is 36.5 Å². The number of methoxy groups -OCH3 is 4. The van der Waals surface area contributed by atoms with Crippen molar-refractivity contribution in [3.63, 3.8) is 0 Å². The van der Waals surface area contributed by atoms with Gasteiger partial charge >= 0.3 is 0 Å². The van der Waals surface area contributed by atoms with Gasteiger partial charge in [0.2, 0.25) is 11.8 Å². The lowest BCUT2D eigenvalue weighted by Gasteiger charge is -2.34. The van der Waals surface area contributed by atoms with E-state index in [9.17, 15) is 0 Å². The van der Waals surface area contributed by atoms with E-state index in [1.165, 1.54) is 11.1 Å². The number of anilines is 1. The van der Waals surface area contributed by atoms with Crippen LogP contribution in [0, 0.1) is 0 Å². The molecule has 0 fully saturated rings. The summed E-state index contributed by atoms with van der Waals surface area (Å²) in [5.74, 6) is 4.50. The summed E-state index contributed by atoms with van der Waals surface area (Å²) in [5.41, 5.74) is 5.19. The predicted molar refractivity (Wildman–Crippen MR) is 157 cm³/mol. The summed E-state index contributed by atoms with van der Waals surface area (Å²) < 4.78 is 29.3. The molecule has 0 radical (unpaired) electrons.